The second-order valence-corrected chi connectivity index (χ2v) is 8.53. The molecular formula is C16H18BrN5O3S. The lowest BCUT2D eigenvalue weighted by atomic mass is 10.4. The standard InChI is InChI=1S/C16H18BrN5O3S/c1-12-10-15(22(20-12)9-3-8-18)19-16(23)11-21(2)26(24,25)14-6-4-13(17)5-7-14/h4-7,10H,3,9,11H2,1-2H3,(H,19,23). The average Bonchev–Trinajstić information content (AvgIpc) is 2.92. The van der Waals surface area contributed by atoms with Gasteiger partial charge < -0.3 is 5.32 Å². The number of nitrogens with zero attached hydrogens (tertiary/aromatic N) is 4. The summed E-state index contributed by atoms with van der Waals surface area (Å²) in [6.07, 6.45) is 0.252. The van der Waals surface area contributed by atoms with Crippen LogP contribution in [0.3, 0.4) is 0 Å². The van der Waals surface area contributed by atoms with Gasteiger partial charge in [-0.15, -0.1) is 0 Å². The fourth-order valence-corrected chi connectivity index (χ4v) is 3.62. The number of amides is 1. The van der Waals surface area contributed by atoms with E-state index >= 15 is 0 Å². The van der Waals surface area contributed by atoms with Crippen molar-refractivity contribution < 1.29 is 13.2 Å². The van der Waals surface area contributed by atoms with Crippen LogP contribution in [0.5, 0.6) is 0 Å². The number of nitriles is 1. The van der Waals surface area contributed by atoms with Crippen molar-refractivity contribution in [3.63, 3.8) is 0 Å². The molecule has 10 heteroatoms. The molecule has 1 aromatic heterocycles. The van der Waals surface area contributed by atoms with Gasteiger partial charge in [0.2, 0.25) is 15.9 Å². The minimum absolute atomic E-state index is 0.103. The van der Waals surface area contributed by atoms with Crippen LogP contribution < -0.4 is 5.32 Å². The van der Waals surface area contributed by atoms with Gasteiger partial charge in [-0.3, -0.25) is 4.79 Å². The maximum absolute atomic E-state index is 12.5. The Hall–Kier alpha value is -2.22. The van der Waals surface area contributed by atoms with Crippen molar-refractivity contribution in [1.82, 2.24) is 14.1 Å². The number of hydrogen-bond acceptors (Lipinski definition) is 5. The van der Waals surface area contributed by atoms with E-state index in [9.17, 15) is 13.2 Å². The highest BCUT2D eigenvalue weighted by Gasteiger charge is 2.23. The van der Waals surface area contributed by atoms with Gasteiger partial charge in [-0.25, -0.2) is 13.1 Å². The second-order valence-electron chi connectivity index (χ2n) is 5.57. The summed E-state index contributed by atoms with van der Waals surface area (Å²) in [7, 11) is -2.43. The summed E-state index contributed by atoms with van der Waals surface area (Å²) < 4.78 is 28.3. The van der Waals surface area contributed by atoms with Crippen LogP contribution in [-0.4, -0.2) is 42.0 Å². The molecular weight excluding hydrogens is 422 g/mol. The number of aryl methyl sites for hydroxylation is 2. The molecule has 138 valence electrons. The summed E-state index contributed by atoms with van der Waals surface area (Å²) in [4.78, 5) is 12.4. The number of nitrogens with one attached hydrogen (secondary N) is 1. The Morgan fingerprint density at radius 3 is 2.65 bits per heavy atom. The van der Waals surface area contributed by atoms with Crippen molar-refractivity contribution in [1.29, 1.82) is 5.26 Å². The van der Waals surface area contributed by atoms with E-state index in [1.165, 1.54) is 23.9 Å². The molecule has 0 aliphatic carbocycles. The zero-order chi connectivity index (χ0) is 19.3. The molecule has 0 spiro atoms. The number of hydrogen-bond donors (Lipinski definition) is 1. The van der Waals surface area contributed by atoms with Gasteiger partial charge in [0.15, 0.2) is 0 Å². The molecule has 0 atom stereocenters. The number of anilines is 1. The van der Waals surface area contributed by atoms with Crippen molar-refractivity contribution >= 4 is 37.7 Å². The SMILES string of the molecule is Cc1cc(NC(=O)CN(C)S(=O)(=O)c2ccc(Br)cc2)n(CCC#N)n1. The number of benzene rings is 1. The molecule has 0 saturated heterocycles. The molecule has 2 rings (SSSR count). The molecule has 1 aromatic carbocycles. The number of rotatable bonds is 7. The van der Waals surface area contributed by atoms with Gasteiger partial charge >= 0.3 is 0 Å². The van der Waals surface area contributed by atoms with Crippen LogP contribution in [0.25, 0.3) is 0 Å². The highest BCUT2D eigenvalue weighted by Crippen LogP contribution is 2.18. The number of carbonyl (C=O) groups is 1. The van der Waals surface area contributed by atoms with E-state index in [1.54, 1.807) is 25.1 Å². The minimum Gasteiger partial charge on any atom is -0.310 e. The van der Waals surface area contributed by atoms with Crippen LogP contribution in [0.2, 0.25) is 0 Å². The number of halogens is 1. The van der Waals surface area contributed by atoms with Crippen molar-refractivity contribution in [2.75, 3.05) is 18.9 Å². The second kappa shape index (κ2) is 8.44. The topological polar surface area (TPSA) is 108 Å². The highest BCUT2D eigenvalue weighted by atomic mass is 79.9. The molecule has 0 bridgehead atoms. The number of sulfonamides is 1. The number of likely N-dealkylation sites (N-methyl/N-ethyl adjacent to an activating group) is 1. The molecule has 0 aliphatic heterocycles. The Bertz CT molecular complexity index is 932. The molecule has 1 N–H and O–H groups in total. The third-order valence-corrected chi connectivity index (χ3v) is 5.84. The Labute approximate surface area is 160 Å². The predicted molar refractivity (Wildman–Crippen MR) is 99.8 cm³/mol. The summed E-state index contributed by atoms with van der Waals surface area (Å²) in [5.41, 5.74) is 0.689. The first kappa shape index (κ1) is 20.1. The van der Waals surface area contributed by atoms with Crippen LogP contribution in [-0.2, 0) is 21.4 Å². The highest BCUT2D eigenvalue weighted by molar-refractivity contribution is 9.10. The van der Waals surface area contributed by atoms with Crippen LogP contribution >= 0.6 is 15.9 Å². The fraction of sp³-hybridized carbons (Fsp3) is 0.312. The van der Waals surface area contributed by atoms with Gasteiger partial charge in [0.05, 0.1) is 36.2 Å². The van der Waals surface area contributed by atoms with E-state index in [0.717, 1.165) is 8.78 Å². The zero-order valence-corrected chi connectivity index (χ0v) is 16.7. The van der Waals surface area contributed by atoms with E-state index < -0.39 is 15.9 Å². The first-order valence-corrected chi connectivity index (χ1v) is 9.90. The predicted octanol–water partition coefficient (Wildman–Crippen LogP) is 2.13. The summed E-state index contributed by atoms with van der Waals surface area (Å²) in [6, 6.07) is 9.86. The third-order valence-electron chi connectivity index (χ3n) is 3.49. The van der Waals surface area contributed by atoms with E-state index in [1.807, 2.05) is 6.07 Å². The zero-order valence-electron chi connectivity index (χ0n) is 14.3. The summed E-state index contributed by atoms with van der Waals surface area (Å²) in [5, 5.41) is 15.5. The van der Waals surface area contributed by atoms with Crippen LogP contribution in [0, 0.1) is 18.3 Å². The monoisotopic (exact) mass is 439 g/mol. The van der Waals surface area contributed by atoms with Crippen LogP contribution in [0.15, 0.2) is 39.7 Å². The number of carbonyl (C=O) groups excluding carboxylic acids is 1. The molecule has 1 heterocycles. The normalized spacial score (nSPS) is 11.3. The van der Waals surface area contributed by atoms with Crippen molar-refractivity contribution in [2.24, 2.45) is 0 Å². The van der Waals surface area contributed by atoms with E-state index in [4.69, 9.17) is 5.26 Å². The number of aromatic nitrogens is 2. The van der Waals surface area contributed by atoms with Gasteiger partial charge in [-0.1, -0.05) is 15.9 Å². The Balaban J connectivity index is 2.08. The smallest absolute Gasteiger partial charge is 0.243 e. The summed E-state index contributed by atoms with van der Waals surface area (Å²) in [5.74, 6) is -0.0662. The lowest BCUT2D eigenvalue weighted by molar-refractivity contribution is -0.116. The lowest BCUT2D eigenvalue weighted by Gasteiger charge is -2.17. The van der Waals surface area contributed by atoms with Gasteiger partial charge in [0, 0.05) is 17.6 Å². The Morgan fingerprint density at radius 1 is 1.38 bits per heavy atom. The lowest BCUT2D eigenvalue weighted by Crippen LogP contribution is -2.35. The molecule has 0 saturated carbocycles. The van der Waals surface area contributed by atoms with E-state index in [2.05, 4.69) is 26.3 Å². The van der Waals surface area contributed by atoms with Gasteiger partial charge in [0.1, 0.15) is 5.82 Å². The molecule has 0 aliphatic rings. The van der Waals surface area contributed by atoms with E-state index in [0.29, 0.717) is 18.1 Å². The third kappa shape index (κ3) is 4.91. The summed E-state index contributed by atoms with van der Waals surface area (Å²) in [6.45, 7) is 1.76. The van der Waals surface area contributed by atoms with Gasteiger partial charge in [-0.05, 0) is 31.2 Å². The van der Waals surface area contributed by atoms with Crippen molar-refractivity contribution in [3.05, 3.63) is 40.5 Å². The maximum Gasteiger partial charge on any atom is 0.243 e. The van der Waals surface area contributed by atoms with Crippen molar-refractivity contribution in [2.45, 2.75) is 24.8 Å². The van der Waals surface area contributed by atoms with Gasteiger partial charge in [0.25, 0.3) is 0 Å². The van der Waals surface area contributed by atoms with Gasteiger partial charge in [-0.2, -0.15) is 14.7 Å². The molecule has 0 unspecified atom stereocenters. The summed E-state index contributed by atoms with van der Waals surface area (Å²) >= 11 is 3.25. The largest absolute Gasteiger partial charge is 0.310 e. The van der Waals surface area contributed by atoms with Crippen LogP contribution in [0.1, 0.15) is 12.1 Å². The van der Waals surface area contributed by atoms with Crippen molar-refractivity contribution in [3.8, 4) is 6.07 Å². The minimum atomic E-state index is -3.78. The quantitative estimate of drug-likeness (QED) is 0.710. The molecule has 0 fully saturated rings. The Morgan fingerprint density at radius 2 is 2.04 bits per heavy atom. The molecule has 0 radical (unpaired) electrons. The first-order valence-electron chi connectivity index (χ1n) is 7.67. The van der Waals surface area contributed by atoms with Crippen LogP contribution in [0.4, 0.5) is 5.82 Å². The first-order chi connectivity index (χ1) is 12.2. The van der Waals surface area contributed by atoms with E-state index in [-0.39, 0.29) is 17.9 Å². The molecule has 1 amide bonds. The molecule has 2 aromatic rings. The maximum atomic E-state index is 12.5. The molecule has 26 heavy (non-hydrogen) atoms. The Kier molecular flexibility index (Phi) is 6.52. The molecule has 8 nitrogen and oxygen atoms in total. The fourth-order valence-electron chi connectivity index (χ4n) is 2.23. The average molecular weight is 440 g/mol.